The number of alkyl halides is 3. The molecule has 0 aromatic heterocycles. The Hall–Kier alpha value is -1.18. The van der Waals surface area contributed by atoms with Crippen LogP contribution in [0.2, 0.25) is 18.1 Å². The topological polar surface area (TPSA) is 46.5 Å². The monoisotopic (exact) mass is 362 g/mol. The van der Waals surface area contributed by atoms with Gasteiger partial charge < -0.3 is 9.53 Å². The number of hydrogen-bond acceptors (Lipinski definition) is 3. The Morgan fingerprint density at radius 3 is 2.08 bits per heavy atom. The Bertz CT molecular complexity index is 591. The van der Waals surface area contributed by atoms with E-state index in [-0.39, 0.29) is 10.6 Å². The Morgan fingerprint density at radius 2 is 1.67 bits per heavy atom. The van der Waals surface area contributed by atoms with Gasteiger partial charge in [0.1, 0.15) is 12.2 Å². The Kier molecular flexibility index (Phi) is 6.06. The molecule has 0 spiro atoms. The molecule has 3 nitrogen and oxygen atoms in total. The van der Waals surface area contributed by atoms with Gasteiger partial charge in [-0.1, -0.05) is 39.0 Å². The van der Waals surface area contributed by atoms with Gasteiger partial charge in [0.2, 0.25) is 0 Å². The molecule has 1 rings (SSSR count). The average molecular weight is 362 g/mol. The van der Waals surface area contributed by atoms with Gasteiger partial charge in [0, 0.05) is 0 Å². The van der Waals surface area contributed by atoms with Crippen LogP contribution in [0.4, 0.5) is 13.2 Å². The van der Waals surface area contributed by atoms with Gasteiger partial charge in [-0.3, -0.25) is 4.79 Å². The predicted molar refractivity (Wildman–Crippen MR) is 89.2 cm³/mol. The zero-order valence-corrected chi connectivity index (χ0v) is 15.9. The summed E-state index contributed by atoms with van der Waals surface area (Å²) in [6.07, 6.45) is -7.61. The highest BCUT2D eigenvalue weighted by atomic mass is 28.4. The number of benzene rings is 1. The van der Waals surface area contributed by atoms with Crippen LogP contribution in [0.25, 0.3) is 0 Å². The van der Waals surface area contributed by atoms with E-state index in [0.717, 1.165) is 6.07 Å². The third-order valence-electron chi connectivity index (χ3n) is 4.50. The molecule has 0 unspecified atom stereocenters. The third-order valence-corrected chi connectivity index (χ3v) is 8.96. The van der Waals surface area contributed by atoms with Gasteiger partial charge in [-0.15, -0.1) is 0 Å². The van der Waals surface area contributed by atoms with Crippen molar-refractivity contribution in [2.45, 2.75) is 64.2 Å². The molecule has 0 aliphatic carbocycles. The van der Waals surface area contributed by atoms with Crippen LogP contribution in [-0.2, 0) is 15.4 Å². The van der Waals surface area contributed by atoms with Gasteiger partial charge in [0.25, 0.3) is 0 Å². The Morgan fingerprint density at radius 1 is 1.17 bits per heavy atom. The first-order chi connectivity index (χ1) is 10.7. The molecular formula is C17H25F3O3Si. The highest BCUT2D eigenvalue weighted by Crippen LogP contribution is 2.40. The number of aliphatic hydroxyl groups is 1. The van der Waals surface area contributed by atoms with E-state index in [1.54, 1.807) is 0 Å². The predicted octanol–water partition coefficient (Wildman–Crippen LogP) is 4.72. The van der Waals surface area contributed by atoms with Crippen LogP contribution in [0.3, 0.4) is 0 Å². The normalized spacial score (nSPS) is 15.9. The van der Waals surface area contributed by atoms with Crippen molar-refractivity contribution in [1.29, 1.82) is 0 Å². The maximum atomic E-state index is 13.2. The molecule has 1 N–H and O–H groups in total. The number of rotatable bonds is 5. The summed E-state index contributed by atoms with van der Waals surface area (Å²) in [5, 5.41) is 10.3. The number of ketones is 1. The van der Waals surface area contributed by atoms with Crippen molar-refractivity contribution in [2.24, 2.45) is 0 Å². The van der Waals surface area contributed by atoms with Crippen molar-refractivity contribution in [3.05, 3.63) is 35.4 Å². The van der Waals surface area contributed by atoms with Crippen molar-refractivity contribution in [3.63, 3.8) is 0 Å². The summed E-state index contributed by atoms with van der Waals surface area (Å²) in [6.45, 7) is 10.8. The molecule has 136 valence electrons. The summed E-state index contributed by atoms with van der Waals surface area (Å²) < 4.78 is 45.4. The summed E-state index contributed by atoms with van der Waals surface area (Å²) in [5.41, 5.74) is -1.30. The molecule has 7 heteroatoms. The molecule has 0 radical (unpaired) electrons. The third kappa shape index (κ3) is 4.68. The second-order valence-corrected chi connectivity index (χ2v) is 12.2. The van der Waals surface area contributed by atoms with Crippen molar-refractivity contribution in [1.82, 2.24) is 0 Å². The highest BCUT2D eigenvalue weighted by molar-refractivity contribution is 6.74. The van der Waals surface area contributed by atoms with Crippen LogP contribution in [0.15, 0.2) is 24.3 Å². The van der Waals surface area contributed by atoms with Crippen LogP contribution in [-0.4, -0.2) is 25.3 Å². The minimum absolute atomic E-state index is 0.246. The van der Waals surface area contributed by atoms with E-state index in [2.05, 4.69) is 0 Å². The maximum Gasteiger partial charge on any atom is 0.416 e. The molecule has 24 heavy (non-hydrogen) atoms. The van der Waals surface area contributed by atoms with Crippen molar-refractivity contribution >= 4 is 14.1 Å². The maximum absolute atomic E-state index is 13.2. The number of hydrogen-bond donors (Lipinski definition) is 1. The SMILES string of the molecule is CC(=O)[C@H](O[Si](C)(C)C(C)(C)C)[C@@H](O)c1ccccc1C(F)(F)F. The molecule has 1 aromatic rings. The van der Waals surface area contributed by atoms with E-state index >= 15 is 0 Å². The number of carbonyl (C=O) groups excluding carboxylic acids is 1. The number of aliphatic hydroxyl groups excluding tert-OH is 1. The number of halogens is 3. The molecule has 0 amide bonds. The zero-order chi connectivity index (χ0) is 18.9. The van der Waals surface area contributed by atoms with Gasteiger partial charge in [0.15, 0.2) is 14.1 Å². The van der Waals surface area contributed by atoms with Gasteiger partial charge in [0.05, 0.1) is 5.56 Å². The van der Waals surface area contributed by atoms with Crippen LogP contribution in [0.5, 0.6) is 0 Å². The van der Waals surface area contributed by atoms with E-state index in [4.69, 9.17) is 4.43 Å². The molecule has 0 saturated carbocycles. The molecule has 0 saturated heterocycles. The van der Waals surface area contributed by atoms with Crippen molar-refractivity contribution in [3.8, 4) is 0 Å². The Labute approximate surface area is 142 Å². The standard InChI is InChI=1S/C17H25F3O3Si/c1-11(21)15(23-24(5,6)16(2,3)4)14(22)12-9-7-8-10-13(12)17(18,19)20/h7-10,14-15,22H,1-6H3/t14-,15-/m0/s1. The lowest BCUT2D eigenvalue weighted by Gasteiger charge is -2.40. The Balaban J connectivity index is 3.27. The van der Waals surface area contributed by atoms with E-state index in [1.807, 2.05) is 33.9 Å². The molecule has 0 fully saturated rings. The van der Waals surface area contributed by atoms with Gasteiger partial charge >= 0.3 is 6.18 Å². The van der Waals surface area contributed by atoms with Gasteiger partial charge in [-0.25, -0.2) is 0 Å². The van der Waals surface area contributed by atoms with E-state index in [0.29, 0.717) is 0 Å². The highest BCUT2D eigenvalue weighted by Gasteiger charge is 2.44. The first kappa shape index (κ1) is 20.9. The smallest absolute Gasteiger partial charge is 0.404 e. The van der Waals surface area contributed by atoms with Crippen LogP contribution >= 0.6 is 0 Å². The minimum atomic E-state index is -4.62. The fourth-order valence-corrected chi connectivity index (χ4v) is 3.32. The summed E-state index contributed by atoms with van der Waals surface area (Å²) in [7, 11) is -2.45. The summed E-state index contributed by atoms with van der Waals surface area (Å²) in [4.78, 5) is 12.0. The van der Waals surface area contributed by atoms with E-state index in [9.17, 15) is 23.1 Å². The van der Waals surface area contributed by atoms with Crippen LogP contribution in [0.1, 0.15) is 44.9 Å². The summed E-state index contributed by atoms with van der Waals surface area (Å²) >= 11 is 0. The first-order valence-electron chi connectivity index (χ1n) is 7.71. The van der Waals surface area contributed by atoms with E-state index < -0.39 is 38.0 Å². The molecule has 1 aromatic carbocycles. The average Bonchev–Trinajstić information content (AvgIpc) is 2.41. The molecule has 0 heterocycles. The van der Waals surface area contributed by atoms with Crippen LogP contribution in [0, 0.1) is 0 Å². The minimum Gasteiger partial charge on any atom is -0.404 e. The molecular weight excluding hydrogens is 337 g/mol. The largest absolute Gasteiger partial charge is 0.416 e. The lowest BCUT2D eigenvalue weighted by molar-refractivity contribution is -0.141. The lowest BCUT2D eigenvalue weighted by atomic mass is 9.97. The van der Waals surface area contributed by atoms with Crippen LogP contribution < -0.4 is 0 Å². The number of Topliss-reactive ketones (excluding diaryl/α,β-unsaturated/α-hetero) is 1. The lowest BCUT2D eigenvalue weighted by Crippen LogP contribution is -2.47. The summed E-state index contributed by atoms with van der Waals surface area (Å²) in [5.74, 6) is -0.496. The zero-order valence-electron chi connectivity index (χ0n) is 14.9. The van der Waals surface area contributed by atoms with Gasteiger partial charge in [-0.05, 0) is 36.7 Å². The molecule has 0 aliphatic heterocycles. The van der Waals surface area contributed by atoms with E-state index in [1.165, 1.54) is 25.1 Å². The molecule has 0 aliphatic rings. The van der Waals surface area contributed by atoms with Crippen molar-refractivity contribution in [2.75, 3.05) is 0 Å². The second-order valence-electron chi connectivity index (χ2n) is 7.44. The fourth-order valence-electron chi connectivity index (χ4n) is 2.04. The number of carbonyl (C=O) groups is 1. The quantitative estimate of drug-likeness (QED) is 0.771. The molecule has 2 atom stereocenters. The molecule has 0 bridgehead atoms. The van der Waals surface area contributed by atoms with Crippen molar-refractivity contribution < 1.29 is 27.5 Å². The summed E-state index contributed by atoms with van der Waals surface area (Å²) in [6, 6.07) is 4.72. The fraction of sp³-hybridized carbons (Fsp3) is 0.588. The second kappa shape index (κ2) is 6.97. The first-order valence-corrected chi connectivity index (χ1v) is 10.6. The van der Waals surface area contributed by atoms with Gasteiger partial charge in [-0.2, -0.15) is 13.2 Å².